The molecule has 0 bridgehead atoms. The Hall–Kier alpha value is -0.0200. The summed E-state index contributed by atoms with van der Waals surface area (Å²) >= 11 is 1.70. The fraction of sp³-hybridized carbons (Fsp3) is 0.600. The third-order valence-corrected chi connectivity index (χ3v) is 2.13. The molecular formula is C5H9NOS. The van der Waals surface area contributed by atoms with Gasteiger partial charge in [0.25, 0.3) is 5.91 Å². The normalized spacial score (nSPS) is 30.6. The molecule has 0 aromatic heterocycles. The smallest absolute Gasteiger partial charge is 0.296 e. The summed E-state index contributed by atoms with van der Waals surface area (Å²) < 4.78 is 0. The predicted molar refractivity (Wildman–Crippen MR) is 33.5 cm³/mol. The van der Waals surface area contributed by atoms with E-state index in [2.05, 4.69) is 7.05 Å². The maximum Gasteiger partial charge on any atom is 0.296 e. The molecular weight excluding hydrogens is 122 g/mol. The highest BCUT2D eigenvalue weighted by Gasteiger charge is 2.14. The summed E-state index contributed by atoms with van der Waals surface area (Å²) in [7, 11) is 3.63. The lowest BCUT2D eigenvalue weighted by Crippen LogP contribution is -3.11. The minimum absolute atomic E-state index is 0.237. The summed E-state index contributed by atoms with van der Waals surface area (Å²) in [5.41, 5.74) is 0. The molecule has 1 unspecified atom stereocenters. The highest BCUT2D eigenvalue weighted by atomic mass is 32.2. The first-order valence-electron chi connectivity index (χ1n) is 2.59. The molecule has 1 atom stereocenters. The van der Waals surface area contributed by atoms with E-state index in [1.807, 2.05) is 0 Å². The molecule has 1 aliphatic heterocycles. The fourth-order valence-corrected chi connectivity index (χ4v) is 1.53. The number of quaternary nitrogens is 1. The van der Waals surface area contributed by atoms with Crippen molar-refractivity contribution in [3.63, 3.8) is 0 Å². The number of rotatable bonds is 0. The highest BCUT2D eigenvalue weighted by molar-refractivity contribution is 8.00. The second kappa shape index (κ2) is 2.51. The molecule has 1 fully saturated rings. The third-order valence-electron chi connectivity index (χ3n) is 1.18. The summed E-state index contributed by atoms with van der Waals surface area (Å²) in [6, 6.07) is 0. The lowest BCUT2D eigenvalue weighted by Gasteiger charge is -2.21. The number of hydrogen-bond acceptors (Lipinski definition) is 2. The predicted octanol–water partition coefficient (Wildman–Crippen LogP) is -1.06. The molecule has 1 saturated heterocycles. The molecule has 0 aromatic rings. The Labute approximate surface area is 53.2 Å². The van der Waals surface area contributed by atoms with Gasteiger partial charge in [-0.1, -0.05) is 0 Å². The Morgan fingerprint density at radius 2 is 2.50 bits per heavy atom. The Bertz CT molecular complexity index is 105. The maximum absolute atomic E-state index is 10.7. The van der Waals surface area contributed by atoms with Crippen LogP contribution in [-0.4, -0.2) is 24.0 Å². The van der Waals surface area contributed by atoms with Crippen molar-refractivity contribution in [3.05, 3.63) is 7.05 Å². The van der Waals surface area contributed by atoms with E-state index in [4.69, 9.17) is 0 Å². The quantitative estimate of drug-likeness (QED) is 0.423. The summed E-state index contributed by atoms with van der Waals surface area (Å²) in [5.74, 6) is 1.96. The molecule has 8 heavy (non-hydrogen) atoms. The molecule has 0 aromatic carbocycles. The summed E-state index contributed by atoms with van der Waals surface area (Å²) in [6.45, 7) is 0.892. The van der Waals surface area contributed by atoms with Gasteiger partial charge in [-0.2, -0.15) is 0 Å². The Balaban J connectivity index is 2.39. The van der Waals surface area contributed by atoms with E-state index in [1.54, 1.807) is 11.8 Å². The van der Waals surface area contributed by atoms with Gasteiger partial charge in [-0.05, 0) is 0 Å². The Kier molecular flexibility index (Phi) is 1.91. The molecule has 0 spiro atoms. The minimum Gasteiger partial charge on any atom is -0.403 e. The van der Waals surface area contributed by atoms with Crippen LogP contribution in [0.25, 0.3) is 0 Å². The van der Waals surface area contributed by atoms with E-state index in [9.17, 15) is 4.79 Å². The van der Waals surface area contributed by atoms with Gasteiger partial charge in [0.15, 0.2) is 0 Å². The first-order chi connectivity index (χ1) is 3.80. The largest absolute Gasteiger partial charge is 0.403 e. The van der Waals surface area contributed by atoms with Crippen LogP contribution in [0, 0.1) is 7.05 Å². The summed E-state index contributed by atoms with van der Waals surface area (Å²) in [4.78, 5) is 11.5. The van der Waals surface area contributed by atoms with Crippen LogP contribution in [0.1, 0.15) is 0 Å². The van der Waals surface area contributed by atoms with Gasteiger partial charge in [0.05, 0.1) is 6.54 Å². The van der Waals surface area contributed by atoms with E-state index in [-0.39, 0.29) is 5.91 Å². The van der Waals surface area contributed by atoms with Crippen molar-refractivity contribution in [2.75, 3.05) is 18.1 Å². The van der Waals surface area contributed by atoms with Gasteiger partial charge in [-0.25, -0.2) is 4.79 Å². The van der Waals surface area contributed by atoms with Crippen LogP contribution >= 0.6 is 11.8 Å². The zero-order valence-corrected chi connectivity index (χ0v) is 5.46. The number of hydrogen-bond donors (Lipinski definition) is 1. The molecule has 46 valence electrons. The number of carbonyl (C=O) groups is 1. The third kappa shape index (κ3) is 1.23. The molecule has 2 nitrogen and oxygen atoms in total. The van der Waals surface area contributed by atoms with Crippen molar-refractivity contribution in [2.24, 2.45) is 0 Å². The molecule has 1 aliphatic rings. The standard InChI is InChI=1S/C5H9NOS/c1-6-2-3-8-4-5(6)7/h6H,1-4H2. The van der Waals surface area contributed by atoms with E-state index >= 15 is 0 Å². The molecule has 0 radical (unpaired) electrons. The van der Waals surface area contributed by atoms with Crippen LogP contribution in [0.4, 0.5) is 0 Å². The second-order valence-electron chi connectivity index (χ2n) is 1.83. The molecule has 1 amide bonds. The molecule has 3 heteroatoms. The molecule has 1 heterocycles. The maximum atomic E-state index is 10.7. The van der Waals surface area contributed by atoms with Gasteiger partial charge in [0.2, 0.25) is 0 Å². The first-order valence-corrected chi connectivity index (χ1v) is 3.75. The van der Waals surface area contributed by atoms with Crippen LogP contribution in [0.15, 0.2) is 0 Å². The van der Waals surface area contributed by atoms with Gasteiger partial charge >= 0.3 is 0 Å². The minimum atomic E-state index is 0.237. The highest BCUT2D eigenvalue weighted by Crippen LogP contribution is 1.98. The Morgan fingerprint density at radius 3 is 2.88 bits per heavy atom. The van der Waals surface area contributed by atoms with Gasteiger partial charge < -0.3 is 4.90 Å². The van der Waals surface area contributed by atoms with E-state index in [1.165, 1.54) is 0 Å². The van der Waals surface area contributed by atoms with E-state index in [0.29, 0.717) is 5.75 Å². The van der Waals surface area contributed by atoms with Crippen molar-refractivity contribution in [1.29, 1.82) is 0 Å². The van der Waals surface area contributed by atoms with Crippen molar-refractivity contribution in [3.8, 4) is 0 Å². The zero-order chi connectivity index (χ0) is 5.98. The summed E-state index contributed by atoms with van der Waals surface area (Å²) in [6.07, 6.45) is 0. The topological polar surface area (TPSA) is 21.5 Å². The second-order valence-corrected chi connectivity index (χ2v) is 2.93. The van der Waals surface area contributed by atoms with Crippen molar-refractivity contribution in [1.82, 2.24) is 0 Å². The van der Waals surface area contributed by atoms with Gasteiger partial charge in [0, 0.05) is 5.75 Å². The van der Waals surface area contributed by atoms with Crippen molar-refractivity contribution >= 4 is 17.7 Å². The van der Waals surface area contributed by atoms with Crippen LogP contribution in [0.5, 0.6) is 0 Å². The van der Waals surface area contributed by atoms with Crippen LogP contribution < -0.4 is 4.90 Å². The van der Waals surface area contributed by atoms with Crippen LogP contribution in [-0.2, 0) is 4.79 Å². The van der Waals surface area contributed by atoms with E-state index < -0.39 is 0 Å². The lowest BCUT2D eigenvalue weighted by molar-refractivity contribution is -0.767. The van der Waals surface area contributed by atoms with Crippen molar-refractivity contribution < 1.29 is 9.69 Å². The first kappa shape index (κ1) is 6.11. The number of carbonyl (C=O) groups excluding carboxylic acids is 1. The average Bonchev–Trinajstić information content (AvgIpc) is 1.77. The number of thioether (sulfide) groups is 1. The number of amides is 1. The van der Waals surface area contributed by atoms with Gasteiger partial charge in [0.1, 0.15) is 5.75 Å². The molecule has 0 saturated carbocycles. The molecule has 0 aliphatic carbocycles. The number of nitrogens with one attached hydrogen (secondary N) is 1. The van der Waals surface area contributed by atoms with Crippen molar-refractivity contribution in [2.45, 2.75) is 0 Å². The van der Waals surface area contributed by atoms with Gasteiger partial charge in [-0.15, -0.1) is 18.8 Å². The fourth-order valence-electron chi connectivity index (χ4n) is 0.602. The monoisotopic (exact) mass is 131 g/mol. The zero-order valence-electron chi connectivity index (χ0n) is 4.64. The summed E-state index contributed by atoms with van der Waals surface area (Å²) in [5, 5.41) is 0. The average molecular weight is 131 g/mol. The van der Waals surface area contributed by atoms with Crippen LogP contribution in [0.2, 0.25) is 0 Å². The lowest BCUT2D eigenvalue weighted by atomic mass is 10.5. The van der Waals surface area contributed by atoms with E-state index in [0.717, 1.165) is 17.2 Å². The van der Waals surface area contributed by atoms with Gasteiger partial charge in [-0.3, -0.25) is 0 Å². The SMILES string of the molecule is [CH2-][NH+]1CCSCC1=O. The molecule has 1 N–H and O–H groups in total. The molecule has 1 rings (SSSR count). The van der Waals surface area contributed by atoms with Crippen LogP contribution in [0.3, 0.4) is 0 Å². The Morgan fingerprint density at radius 1 is 1.75 bits per heavy atom.